The molecule has 1 atom stereocenters. The predicted octanol–water partition coefficient (Wildman–Crippen LogP) is 5.50. The highest BCUT2D eigenvalue weighted by Crippen LogP contribution is 2.34. The first-order valence-corrected chi connectivity index (χ1v) is 12.5. The standard InChI is InChI=1S/C24H23ClN4O2S2/c1-16(23(30)26-14-13-19-6-5-15-32-19)33-24-28-27-22(20-7-3-4-8-21(20)31-2)29(24)18-11-9-17(25)10-12-18/h3-12,15-16H,13-14H2,1-2H3,(H,26,30)/t16-/m1/s1. The molecule has 0 saturated carbocycles. The fourth-order valence-electron chi connectivity index (χ4n) is 3.29. The number of carbonyl (C=O) groups excluding carboxylic acids is 1. The number of methoxy groups -OCH3 is 1. The van der Waals surface area contributed by atoms with Crippen LogP contribution >= 0.6 is 34.7 Å². The largest absolute Gasteiger partial charge is 0.496 e. The zero-order valence-electron chi connectivity index (χ0n) is 18.2. The molecular weight excluding hydrogens is 476 g/mol. The van der Waals surface area contributed by atoms with Gasteiger partial charge in [-0.05, 0) is 61.2 Å². The van der Waals surface area contributed by atoms with Crippen molar-refractivity contribution in [2.45, 2.75) is 23.8 Å². The van der Waals surface area contributed by atoms with Crippen molar-refractivity contribution < 1.29 is 9.53 Å². The van der Waals surface area contributed by atoms with Gasteiger partial charge in [0.1, 0.15) is 5.75 Å². The third kappa shape index (κ3) is 5.58. The van der Waals surface area contributed by atoms with Gasteiger partial charge in [-0.1, -0.05) is 41.6 Å². The lowest BCUT2D eigenvalue weighted by Crippen LogP contribution is -2.32. The Hall–Kier alpha value is -2.81. The van der Waals surface area contributed by atoms with Crippen LogP contribution in [0.15, 0.2) is 71.2 Å². The van der Waals surface area contributed by atoms with Crippen LogP contribution in [-0.2, 0) is 11.2 Å². The average Bonchev–Trinajstić information content (AvgIpc) is 3.49. The second-order valence-corrected chi connectivity index (χ2v) is 9.98. The lowest BCUT2D eigenvalue weighted by molar-refractivity contribution is -0.120. The highest BCUT2D eigenvalue weighted by atomic mass is 35.5. The van der Waals surface area contributed by atoms with Crippen LogP contribution in [0.3, 0.4) is 0 Å². The van der Waals surface area contributed by atoms with E-state index in [1.54, 1.807) is 18.4 Å². The third-order valence-corrected chi connectivity index (χ3v) is 7.20. The summed E-state index contributed by atoms with van der Waals surface area (Å²) >= 11 is 9.16. The second kappa shape index (κ2) is 10.9. The van der Waals surface area contributed by atoms with Crippen LogP contribution < -0.4 is 10.1 Å². The first-order valence-electron chi connectivity index (χ1n) is 10.4. The molecule has 9 heteroatoms. The SMILES string of the molecule is COc1ccccc1-c1nnc(S[C@H](C)C(=O)NCCc2cccs2)n1-c1ccc(Cl)cc1. The van der Waals surface area contributed by atoms with Gasteiger partial charge in [0, 0.05) is 22.1 Å². The summed E-state index contributed by atoms with van der Waals surface area (Å²) in [7, 11) is 1.63. The number of hydrogen-bond donors (Lipinski definition) is 1. The summed E-state index contributed by atoms with van der Waals surface area (Å²) in [6.45, 7) is 2.47. The number of ether oxygens (including phenoxy) is 1. The van der Waals surface area contributed by atoms with Gasteiger partial charge in [0.25, 0.3) is 0 Å². The normalized spacial score (nSPS) is 11.8. The van der Waals surface area contributed by atoms with Gasteiger partial charge in [0.2, 0.25) is 5.91 Å². The Labute approximate surface area is 206 Å². The summed E-state index contributed by atoms with van der Waals surface area (Å²) in [4.78, 5) is 14.0. The van der Waals surface area contributed by atoms with Gasteiger partial charge in [-0.15, -0.1) is 21.5 Å². The summed E-state index contributed by atoms with van der Waals surface area (Å²) in [6.07, 6.45) is 0.819. The lowest BCUT2D eigenvalue weighted by Gasteiger charge is -2.15. The Kier molecular flexibility index (Phi) is 7.69. The van der Waals surface area contributed by atoms with Crippen molar-refractivity contribution in [2.24, 2.45) is 0 Å². The van der Waals surface area contributed by atoms with E-state index < -0.39 is 0 Å². The van der Waals surface area contributed by atoms with Gasteiger partial charge in [-0.25, -0.2) is 0 Å². The molecule has 4 rings (SSSR count). The maximum Gasteiger partial charge on any atom is 0.233 e. The molecule has 0 aliphatic heterocycles. The van der Waals surface area contributed by atoms with E-state index >= 15 is 0 Å². The van der Waals surface area contributed by atoms with Crippen molar-refractivity contribution in [2.75, 3.05) is 13.7 Å². The molecule has 2 heterocycles. The van der Waals surface area contributed by atoms with Crippen LogP contribution in [0.1, 0.15) is 11.8 Å². The summed E-state index contributed by atoms with van der Waals surface area (Å²) in [5.41, 5.74) is 1.65. The number of nitrogens with zero attached hydrogens (tertiary/aromatic N) is 3. The van der Waals surface area contributed by atoms with Crippen molar-refractivity contribution >= 4 is 40.6 Å². The van der Waals surface area contributed by atoms with Crippen LogP contribution in [-0.4, -0.2) is 39.6 Å². The number of benzene rings is 2. The minimum atomic E-state index is -0.353. The zero-order chi connectivity index (χ0) is 23.2. The Bertz CT molecular complexity index is 1210. The minimum absolute atomic E-state index is 0.0407. The van der Waals surface area contributed by atoms with Crippen LogP contribution in [0.5, 0.6) is 5.75 Å². The van der Waals surface area contributed by atoms with E-state index in [1.165, 1.54) is 16.6 Å². The number of hydrogen-bond acceptors (Lipinski definition) is 6. The maximum atomic E-state index is 12.7. The molecule has 0 aliphatic carbocycles. The Morgan fingerprint density at radius 1 is 1.15 bits per heavy atom. The second-order valence-electron chi connectivity index (χ2n) is 7.20. The van der Waals surface area contributed by atoms with Crippen molar-refractivity contribution in [1.82, 2.24) is 20.1 Å². The fraction of sp³-hybridized carbons (Fsp3) is 0.208. The summed E-state index contributed by atoms with van der Waals surface area (Å²) < 4.78 is 7.47. The van der Waals surface area contributed by atoms with Crippen LogP contribution in [0.2, 0.25) is 5.02 Å². The van der Waals surface area contributed by atoms with Crippen LogP contribution in [0.25, 0.3) is 17.1 Å². The lowest BCUT2D eigenvalue weighted by atomic mass is 10.2. The molecule has 0 saturated heterocycles. The average molecular weight is 499 g/mol. The minimum Gasteiger partial charge on any atom is -0.496 e. The van der Waals surface area contributed by atoms with Crippen molar-refractivity contribution in [3.05, 3.63) is 75.9 Å². The number of aromatic nitrogens is 3. The molecule has 0 spiro atoms. The number of para-hydroxylation sites is 1. The van der Waals surface area contributed by atoms with E-state index in [0.29, 0.717) is 28.3 Å². The molecule has 2 aromatic carbocycles. The number of halogens is 1. The molecule has 6 nitrogen and oxygen atoms in total. The van der Waals surface area contributed by atoms with E-state index in [4.69, 9.17) is 16.3 Å². The van der Waals surface area contributed by atoms with Crippen LogP contribution in [0, 0.1) is 0 Å². The molecule has 33 heavy (non-hydrogen) atoms. The van der Waals surface area contributed by atoms with Gasteiger partial charge in [0.05, 0.1) is 17.9 Å². The molecule has 170 valence electrons. The molecule has 1 amide bonds. The van der Waals surface area contributed by atoms with Gasteiger partial charge in [0.15, 0.2) is 11.0 Å². The van der Waals surface area contributed by atoms with E-state index in [9.17, 15) is 4.79 Å². The highest BCUT2D eigenvalue weighted by molar-refractivity contribution is 8.00. The molecule has 0 aliphatic rings. The first kappa shape index (κ1) is 23.4. The van der Waals surface area contributed by atoms with Crippen molar-refractivity contribution in [1.29, 1.82) is 0 Å². The maximum absolute atomic E-state index is 12.7. The number of thioether (sulfide) groups is 1. The molecule has 0 unspecified atom stereocenters. The third-order valence-electron chi connectivity index (χ3n) is 4.97. The first-order chi connectivity index (χ1) is 16.1. The number of amides is 1. The molecule has 2 aromatic heterocycles. The quantitative estimate of drug-likeness (QED) is 0.309. The molecule has 4 aromatic rings. The van der Waals surface area contributed by atoms with Gasteiger partial charge in [-0.3, -0.25) is 9.36 Å². The Balaban J connectivity index is 1.59. The molecule has 0 bridgehead atoms. The van der Waals surface area contributed by atoms with Gasteiger partial charge < -0.3 is 10.1 Å². The van der Waals surface area contributed by atoms with Crippen molar-refractivity contribution in [3.63, 3.8) is 0 Å². The Morgan fingerprint density at radius 3 is 2.67 bits per heavy atom. The number of nitrogens with one attached hydrogen (secondary N) is 1. The molecule has 0 fully saturated rings. The monoisotopic (exact) mass is 498 g/mol. The number of rotatable bonds is 9. The van der Waals surface area contributed by atoms with Crippen LogP contribution in [0.4, 0.5) is 0 Å². The molecular formula is C24H23ClN4O2S2. The van der Waals surface area contributed by atoms with E-state index in [2.05, 4.69) is 21.6 Å². The van der Waals surface area contributed by atoms with Gasteiger partial charge in [-0.2, -0.15) is 0 Å². The molecule has 0 radical (unpaired) electrons. The number of carbonyl (C=O) groups is 1. The Morgan fingerprint density at radius 2 is 1.94 bits per heavy atom. The smallest absolute Gasteiger partial charge is 0.233 e. The summed E-state index contributed by atoms with van der Waals surface area (Å²) in [5.74, 6) is 1.28. The highest BCUT2D eigenvalue weighted by Gasteiger charge is 2.23. The summed E-state index contributed by atoms with van der Waals surface area (Å²) in [6, 6.07) is 19.2. The predicted molar refractivity (Wildman–Crippen MR) is 135 cm³/mol. The molecule has 1 N–H and O–H groups in total. The topological polar surface area (TPSA) is 69.0 Å². The summed E-state index contributed by atoms with van der Waals surface area (Å²) in [5, 5.41) is 14.8. The zero-order valence-corrected chi connectivity index (χ0v) is 20.6. The van der Waals surface area contributed by atoms with E-state index in [1.807, 2.05) is 71.5 Å². The van der Waals surface area contributed by atoms with E-state index in [-0.39, 0.29) is 11.2 Å². The fourth-order valence-corrected chi connectivity index (χ4v) is 5.02. The van der Waals surface area contributed by atoms with Crippen molar-refractivity contribution in [3.8, 4) is 22.8 Å². The van der Waals surface area contributed by atoms with E-state index in [0.717, 1.165) is 17.7 Å². The number of thiophene rings is 1. The van der Waals surface area contributed by atoms with Gasteiger partial charge >= 0.3 is 0 Å².